The van der Waals surface area contributed by atoms with Crippen molar-refractivity contribution in [3.63, 3.8) is 0 Å². The molecule has 3 rings (SSSR count). The van der Waals surface area contributed by atoms with Crippen LogP contribution >= 0.6 is 11.3 Å². The second-order valence-electron chi connectivity index (χ2n) is 5.37. The first-order chi connectivity index (χ1) is 9.15. The summed E-state index contributed by atoms with van der Waals surface area (Å²) in [7, 11) is 0. The van der Waals surface area contributed by atoms with Gasteiger partial charge in [0.25, 0.3) is 5.91 Å². The molecule has 0 bridgehead atoms. The van der Waals surface area contributed by atoms with E-state index in [1.165, 1.54) is 29.7 Å². The molecular weight excluding hydrogens is 262 g/mol. The Kier molecular flexibility index (Phi) is 3.31. The molecule has 1 amide bonds. The van der Waals surface area contributed by atoms with Crippen molar-refractivity contribution in [1.29, 1.82) is 0 Å². The highest BCUT2D eigenvalue weighted by molar-refractivity contribution is 7.14. The van der Waals surface area contributed by atoms with Gasteiger partial charge in [0.1, 0.15) is 0 Å². The van der Waals surface area contributed by atoms with Crippen molar-refractivity contribution in [2.75, 3.05) is 13.1 Å². The van der Waals surface area contributed by atoms with Gasteiger partial charge in [0.15, 0.2) is 0 Å². The number of likely N-dealkylation sites (tertiary alicyclic amines) is 1. The quantitative estimate of drug-likeness (QED) is 0.844. The van der Waals surface area contributed by atoms with E-state index in [4.69, 9.17) is 5.11 Å². The number of amides is 1. The number of carboxylic acid groups (broad SMARTS) is 1. The molecule has 0 spiro atoms. The Hall–Kier alpha value is -1.36. The number of nitrogens with zero attached hydrogens (tertiary/aromatic N) is 1. The molecule has 1 aliphatic carbocycles. The minimum atomic E-state index is -0.800. The lowest BCUT2D eigenvalue weighted by molar-refractivity contribution is -0.146. The zero-order valence-electron chi connectivity index (χ0n) is 10.7. The van der Waals surface area contributed by atoms with Crippen molar-refractivity contribution < 1.29 is 14.7 Å². The topological polar surface area (TPSA) is 57.6 Å². The van der Waals surface area contributed by atoms with Crippen LogP contribution in [0.5, 0.6) is 0 Å². The Morgan fingerprint density at radius 1 is 1.21 bits per heavy atom. The third-order valence-corrected chi connectivity index (χ3v) is 5.20. The molecule has 1 aromatic rings. The fourth-order valence-electron chi connectivity index (χ4n) is 2.73. The third kappa shape index (κ3) is 2.39. The van der Waals surface area contributed by atoms with Crippen LogP contribution in [0.1, 0.15) is 39.4 Å². The maximum absolute atomic E-state index is 12.2. The number of carboxylic acids is 1. The van der Waals surface area contributed by atoms with Crippen LogP contribution in [0.15, 0.2) is 6.07 Å². The fourth-order valence-corrected chi connectivity index (χ4v) is 3.95. The van der Waals surface area contributed by atoms with E-state index in [0.717, 1.165) is 17.7 Å². The van der Waals surface area contributed by atoms with E-state index in [-0.39, 0.29) is 11.8 Å². The minimum absolute atomic E-state index is 0.00979. The molecule has 2 heterocycles. The number of carbonyl (C=O) groups excluding carboxylic acids is 1. The van der Waals surface area contributed by atoms with Gasteiger partial charge >= 0.3 is 5.97 Å². The number of aryl methyl sites for hydroxylation is 2. The van der Waals surface area contributed by atoms with Crippen LogP contribution in [0.2, 0.25) is 0 Å². The summed E-state index contributed by atoms with van der Waals surface area (Å²) < 4.78 is 0. The van der Waals surface area contributed by atoms with Crippen molar-refractivity contribution in [3.05, 3.63) is 21.4 Å². The maximum atomic E-state index is 12.2. The highest BCUT2D eigenvalue weighted by atomic mass is 32.1. The van der Waals surface area contributed by atoms with Crippen molar-refractivity contribution >= 4 is 23.2 Å². The van der Waals surface area contributed by atoms with Gasteiger partial charge in [0.2, 0.25) is 0 Å². The smallest absolute Gasteiger partial charge is 0.310 e. The summed E-state index contributed by atoms with van der Waals surface area (Å²) in [5.74, 6) is -1.16. The van der Waals surface area contributed by atoms with Crippen LogP contribution in [0.4, 0.5) is 0 Å². The molecule has 2 aliphatic rings. The largest absolute Gasteiger partial charge is 0.481 e. The maximum Gasteiger partial charge on any atom is 0.310 e. The molecule has 0 unspecified atom stereocenters. The molecule has 4 nitrogen and oxygen atoms in total. The zero-order valence-corrected chi connectivity index (χ0v) is 11.5. The van der Waals surface area contributed by atoms with Crippen LogP contribution in [0.3, 0.4) is 0 Å². The fraction of sp³-hybridized carbons (Fsp3) is 0.571. The van der Waals surface area contributed by atoms with Gasteiger partial charge in [0.05, 0.1) is 10.8 Å². The van der Waals surface area contributed by atoms with Crippen LogP contribution in [0, 0.1) is 5.92 Å². The summed E-state index contributed by atoms with van der Waals surface area (Å²) in [6.45, 7) is 0.716. The van der Waals surface area contributed by atoms with Crippen molar-refractivity contribution in [1.82, 2.24) is 4.90 Å². The molecular formula is C14H17NO3S. The molecule has 1 N–H and O–H groups in total. The molecule has 1 aromatic heterocycles. The monoisotopic (exact) mass is 279 g/mol. The number of aliphatic carboxylic acids is 1. The summed E-state index contributed by atoms with van der Waals surface area (Å²) in [4.78, 5) is 26.8. The highest BCUT2D eigenvalue weighted by Crippen LogP contribution is 2.31. The molecule has 1 aliphatic heterocycles. The van der Waals surface area contributed by atoms with Gasteiger partial charge in [-0.1, -0.05) is 6.42 Å². The predicted octanol–water partition coefficient (Wildman–Crippen LogP) is 2.17. The first-order valence-electron chi connectivity index (χ1n) is 6.79. The highest BCUT2D eigenvalue weighted by Gasteiger charge is 2.36. The van der Waals surface area contributed by atoms with Crippen molar-refractivity contribution in [2.24, 2.45) is 5.92 Å². The number of rotatable bonds is 2. The lowest BCUT2D eigenvalue weighted by atomic mass is 10.0. The number of hydrogen-bond acceptors (Lipinski definition) is 3. The number of fused-ring (bicyclic) bond motifs is 1. The second-order valence-corrected chi connectivity index (χ2v) is 6.50. The van der Waals surface area contributed by atoms with Gasteiger partial charge in [-0.3, -0.25) is 9.59 Å². The van der Waals surface area contributed by atoms with E-state index < -0.39 is 5.97 Å². The molecule has 0 atom stereocenters. The van der Waals surface area contributed by atoms with Crippen LogP contribution in [-0.4, -0.2) is 35.0 Å². The molecule has 0 saturated carbocycles. The number of hydrogen-bond donors (Lipinski definition) is 1. The molecule has 102 valence electrons. The first-order valence-corrected chi connectivity index (χ1v) is 7.60. The first kappa shape index (κ1) is 12.7. The SMILES string of the molecule is O=C(O)C1CN(C(=O)c2cc3c(s2)CCCCC3)C1. The van der Waals surface area contributed by atoms with E-state index >= 15 is 0 Å². The Labute approximate surface area is 116 Å². The Morgan fingerprint density at radius 2 is 1.95 bits per heavy atom. The summed E-state index contributed by atoms with van der Waals surface area (Å²) in [5, 5.41) is 8.83. The lowest BCUT2D eigenvalue weighted by Crippen LogP contribution is -2.52. The predicted molar refractivity (Wildman–Crippen MR) is 72.6 cm³/mol. The summed E-state index contributed by atoms with van der Waals surface area (Å²) in [6, 6.07) is 2.03. The minimum Gasteiger partial charge on any atom is -0.481 e. The van der Waals surface area contributed by atoms with E-state index in [2.05, 4.69) is 0 Å². The van der Waals surface area contributed by atoms with Gasteiger partial charge in [-0.05, 0) is 37.3 Å². The van der Waals surface area contributed by atoms with E-state index in [0.29, 0.717) is 13.1 Å². The van der Waals surface area contributed by atoms with Crippen LogP contribution < -0.4 is 0 Å². The lowest BCUT2D eigenvalue weighted by Gasteiger charge is -2.36. The van der Waals surface area contributed by atoms with Gasteiger partial charge in [-0.15, -0.1) is 11.3 Å². The van der Waals surface area contributed by atoms with E-state index in [1.54, 1.807) is 16.2 Å². The third-order valence-electron chi connectivity index (χ3n) is 3.98. The Morgan fingerprint density at radius 3 is 2.68 bits per heavy atom. The van der Waals surface area contributed by atoms with Crippen molar-refractivity contribution in [2.45, 2.75) is 32.1 Å². The Balaban J connectivity index is 1.70. The van der Waals surface area contributed by atoms with Crippen LogP contribution in [0.25, 0.3) is 0 Å². The standard InChI is InChI=1S/C14H17NO3S/c16-13(15-7-10(8-15)14(17)18)12-6-9-4-2-1-3-5-11(9)19-12/h6,10H,1-5,7-8H2,(H,17,18). The van der Waals surface area contributed by atoms with Crippen LogP contribution in [-0.2, 0) is 17.6 Å². The van der Waals surface area contributed by atoms with Crippen molar-refractivity contribution in [3.8, 4) is 0 Å². The molecule has 1 fully saturated rings. The molecule has 1 saturated heterocycles. The summed E-state index contributed by atoms with van der Waals surface area (Å²) in [5.41, 5.74) is 1.33. The average Bonchev–Trinajstić information content (AvgIpc) is 2.58. The van der Waals surface area contributed by atoms with E-state index in [9.17, 15) is 9.59 Å². The molecule has 19 heavy (non-hydrogen) atoms. The van der Waals surface area contributed by atoms with Gasteiger partial charge < -0.3 is 10.0 Å². The summed E-state index contributed by atoms with van der Waals surface area (Å²) in [6.07, 6.45) is 5.87. The average molecular weight is 279 g/mol. The number of carbonyl (C=O) groups is 2. The molecule has 0 radical (unpaired) electrons. The van der Waals surface area contributed by atoms with Gasteiger partial charge in [0, 0.05) is 18.0 Å². The molecule has 0 aromatic carbocycles. The molecule has 5 heteroatoms. The van der Waals surface area contributed by atoms with Gasteiger partial charge in [-0.25, -0.2) is 0 Å². The van der Waals surface area contributed by atoms with Gasteiger partial charge in [-0.2, -0.15) is 0 Å². The Bertz CT molecular complexity index is 493. The summed E-state index contributed by atoms with van der Waals surface area (Å²) >= 11 is 1.61. The number of thiophene rings is 1. The normalized spacial score (nSPS) is 19.5. The second kappa shape index (κ2) is 4.96. The zero-order chi connectivity index (χ0) is 13.4. The van der Waals surface area contributed by atoms with E-state index in [1.807, 2.05) is 6.07 Å².